The fourth-order valence-electron chi connectivity index (χ4n) is 2.98. The van der Waals surface area contributed by atoms with Gasteiger partial charge in [0.05, 0.1) is 18.3 Å². The molecule has 1 aliphatic heterocycles. The lowest BCUT2D eigenvalue weighted by Crippen LogP contribution is -2.28. The van der Waals surface area contributed by atoms with Gasteiger partial charge in [0.15, 0.2) is 0 Å². The first-order chi connectivity index (χ1) is 10.6. The maximum Gasteiger partial charge on any atom is 0.123 e. The van der Waals surface area contributed by atoms with Gasteiger partial charge >= 0.3 is 0 Å². The highest BCUT2D eigenvalue weighted by Crippen LogP contribution is 2.23. The van der Waals surface area contributed by atoms with Gasteiger partial charge in [-0.1, -0.05) is 11.3 Å². The van der Waals surface area contributed by atoms with Crippen LogP contribution in [-0.4, -0.2) is 33.2 Å². The number of piperidine rings is 1. The fraction of sp³-hybridized carbons (Fsp3) is 0.500. The SMILES string of the molecule is Cc1cc(F)ccc1C(O)Cn1cc(C2CCCNC2)nn1. The molecule has 1 fully saturated rings. The average molecular weight is 304 g/mol. The van der Waals surface area contributed by atoms with Crippen molar-refractivity contribution in [2.45, 2.75) is 38.3 Å². The Morgan fingerprint density at radius 3 is 3.09 bits per heavy atom. The van der Waals surface area contributed by atoms with E-state index in [9.17, 15) is 9.50 Å². The maximum absolute atomic E-state index is 13.1. The van der Waals surface area contributed by atoms with E-state index in [1.165, 1.54) is 12.1 Å². The zero-order chi connectivity index (χ0) is 15.5. The van der Waals surface area contributed by atoms with Crippen molar-refractivity contribution < 1.29 is 9.50 Å². The lowest BCUT2D eigenvalue weighted by Gasteiger charge is -2.20. The Labute approximate surface area is 129 Å². The number of nitrogens with one attached hydrogen (secondary N) is 1. The third kappa shape index (κ3) is 3.34. The summed E-state index contributed by atoms with van der Waals surface area (Å²) in [6.45, 7) is 4.10. The standard InChI is InChI=1S/C16H21FN4O/c1-11-7-13(17)4-5-14(11)16(22)10-21-9-15(19-20-21)12-3-2-6-18-8-12/h4-5,7,9,12,16,18,22H,2-3,6,8,10H2,1H3. The van der Waals surface area contributed by atoms with Crippen LogP contribution in [0, 0.1) is 12.7 Å². The van der Waals surface area contributed by atoms with Crippen LogP contribution in [0.2, 0.25) is 0 Å². The van der Waals surface area contributed by atoms with Gasteiger partial charge in [-0.2, -0.15) is 0 Å². The first-order valence-corrected chi connectivity index (χ1v) is 7.68. The molecule has 2 N–H and O–H groups in total. The highest BCUT2D eigenvalue weighted by atomic mass is 19.1. The second-order valence-corrected chi connectivity index (χ2v) is 5.93. The molecule has 0 amide bonds. The van der Waals surface area contributed by atoms with E-state index in [1.807, 2.05) is 6.20 Å². The van der Waals surface area contributed by atoms with E-state index in [2.05, 4.69) is 15.6 Å². The van der Waals surface area contributed by atoms with Gasteiger partial charge in [0.2, 0.25) is 0 Å². The number of aryl methyl sites for hydroxylation is 1. The summed E-state index contributed by atoms with van der Waals surface area (Å²) in [5.74, 6) is 0.105. The molecular formula is C16H21FN4O. The molecule has 1 aliphatic rings. The number of benzene rings is 1. The number of aromatic nitrogens is 3. The van der Waals surface area contributed by atoms with Gasteiger partial charge in [-0.05, 0) is 49.6 Å². The smallest absolute Gasteiger partial charge is 0.123 e. The van der Waals surface area contributed by atoms with Gasteiger partial charge in [-0.3, -0.25) is 0 Å². The largest absolute Gasteiger partial charge is 0.386 e. The van der Waals surface area contributed by atoms with Gasteiger partial charge in [0.1, 0.15) is 5.82 Å². The number of halogens is 1. The topological polar surface area (TPSA) is 63.0 Å². The first kappa shape index (κ1) is 15.1. The molecule has 2 unspecified atom stereocenters. The van der Waals surface area contributed by atoms with Crippen molar-refractivity contribution in [1.29, 1.82) is 0 Å². The van der Waals surface area contributed by atoms with E-state index < -0.39 is 6.10 Å². The van der Waals surface area contributed by atoms with Gasteiger partial charge in [0.25, 0.3) is 0 Å². The predicted octanol–water partition coefficient (Wildman–Crippen LogP) is 1.93. The van der Waals surface area contributed by atoms with Crippen LogP contribution >= 0.6 is 0 Å². The Hall–Kier alpha value is -1.79. The van der Waals surface area contributed by atoms with Crippen molar-refractivity contribution in [2.24, 2.45) is 0 Å². The van der Waals surface area contributed by atoms with E-state index in [0.717, 1.165) is 42.8 Å². The monoisotopic (exact) mass is 304 g/mol. The highest BCUT2D eigenvalue weighted by molar-refractivity contribution is 5.28. The quantitative estimate of drug-likeness (QED) is 0.906. The molecule has 3 rings (SSSR count). The number of hydrogen-bond donors (Lipinski definition) is 2. The second-order valence-electron chi connectivity index (χ2n) is 5.93. The lowest BCUT2D eigenvalue weighted by molar-refractivity contribution is 0.150. The van der Waals surface area contributed by atoms with Gasteiger partial charge < -0.3 is 10.4 Å². The van der Waals surface area contributed by atoms with Crippen molar-refractivity contribution in [2.75, 3.05) is 13.1 Å². The van der Waals surface area contributed by atoms with Crippen molar-refractivity contribution in [3.63, 3.8) is 0 Å². The van der Waals surface area contributed by atoms with Gasteiger partial charge in [0, 0.05) is 18.7 Å². The molecule has 0 radical (unpaired) electrons. The minimum Gasteiger partial charge on any atom is -0.386 e. The Balaban J connectivity index is 1.68. The summed E-state index contributed by atoms with van der Waals surface area (Å²) in [7, 11) is 0. The van der Waals surface area contributed by atoms with Crippen molar-refractivity contribution in [3.05, 3.63) is 47.0 Å². The van der Waals surface area contributed by atoms with Crippen LogP contribution in [0.4, 0.5) is 4.39 Å². The van der Waals surface area contributed by atoms with Gasteiger partial charge in [-0.25, -0.2) is 9.07 Å². The van der Waals surface area contributed by atoms with E-state index in [-0.39, 0.29) is 5.82 Å². The summed E-state index contributed by atoms with van der Waals surface area (Å²) < 4.78 is 14.8. The van der Waals surface area contributed by atoms with Crippen LogP contribution in [-0.2, 0) is 6.54 Å². The highest BCUT2D eigenvalue weighted by Gasteiger charge is 2.19. The number of hydrogen-bond acceptors (Lipinski definition) is 4. The number of aliphatic hydroxyl groups excluding tert-OH is 1. The molecule has 2 atom stereocenters. The molecule has 1 saturated heterocycles. The minimum absolute atomic E-state index is 0.290. The lowest BCUT2D eigenvalue weighted by atomic mass is 9.97. The molecule has 0 bridgehead atoms. The summed E-state index contributed by atoms with van der Waals surface area (Å²) in [5, 5.41) is 22.0. The van der Waals surface area contributed by atoms with E-state index in [0.29, 0.717) is 12.5 Å². The van der Waals surface area contributed by atoms with Crippen LogP contribution in [0.1, 0.15) is 41.7 Å². The Bertz CT molecular complexity index is 637. The first-order valence-electron chi connectivity index (χ1n) is 7.68. The van der Waals surface area contributed by atoms with Crippen LogP contribution in [0.3, 0.4) is 0 Å². The molecule has 0 spiro atoms. The third-order valence-electron chi connectivity index (χ3n) is 4.22. The van der Waals surface area contributed by atoms with E-state index in [4.69, 9.17) is 0 Å². The van der Waals surface area contributed by atoms with Crippen LogP contribution in [0.25, 0.3) is 0 Å². The summed E-state index contributed by atoms with van der Waals surface area (Å²) >= 11 is 0. The van der Waals surface area contributed by atoms with E-state index >= 15 is 0 Å². The van der Waals surface area contributed by atoms with Crippen molar-refractivity contribution >= 4 is 0 Å². The van der Waals surface area contributed by atoms with Crippen LogP contribution in [0.5, 0.6) is 0 Å². The molecular weight excluding hydrogens is 283 g/mol. The summed E-state index contributed by atoms with van der Waals surface area (Å²) in [5.41, 5.74) is 2.43. The Kier molecular flexibility index (Phi) is 4.49. The third-order valence-corrected chi connectivity index (χ3v) is 4.22. The van der Waals surface area contributed by atoms with Gasteiger partial charge in [-0.15, -0.1) is 5.10 Å². The zero-order valence-corrected chi connectivity index (χ0v) is 12.7. The molecule has 0 saturated carbocycles. The Morgan fingerprint density at radius 2 is 2.36 bits per heavy atom. The van der Waals surface area contributed by atoms with Crippen LogP contribution in [0.15, 0.2) is 24.4 Å². The molecule has 5 nitrogen and oxygen atoms in total. The summed E-state index contributed by atoms with van der Waals surface area (Å²) in [6, 6.07) is 4.42. The van der Waals surface area contributed by atoms with Crippen molar-refractivity contribution in [3.8, 4) is 0 Å². The predicted molar refractivity (Wildman–Crippen MR) is 81.0 cm³/mol. The van der Waals surface area contributed by atoms with Crippen molar-refractivity contribution in [1.82, 2.24) is 20.3 Å². The molecule has 1 aromatic heterocycles. The molecule has 2 aromatic rings. The van der Waals surface area contributed by atoms with E-state index in [1.54, 1.807) is 17.7 Å². The molecule has 118 valence electrons. The molecule has 22 heavy (non-hydrogen) atoms. The average Bonchev–Trinajstić information content (AvgIpc) is 2.96. The zero-order valence-electron chi connectivity index (χ0n) is 12.7. The Morgan fingerprint density at radius 1 is 1.50 bits per heavy atom. The summed E-state index contributed by atoms with van der Waals surface area (Å²) in [6.07, 6.45) is 3.44. The normalized spacial score (nSPS) is 20.0. The number of rotatable bonds is 4. The minimum atomic E-state index is -0.723. The van der Waals surface area contributed by atoms with Crippen LogP contribution < -0.4 is 5.32 Å². The molecule has 6 heteroatoms. The number of nitrogens with zero attached hydrogens (tertiary/aromatic N) is 3. The molecule has 0 aliphatic carbocycles. The molecule has 2 heterocycles. The maximum atomic E-state index is 13.1. The summed E-state index contributed by atoms with van der Waals surface area (Å²) in [4.78, 5) is 0. The second kappa shape index (κ2) is 6.54. The number of aliphatic hydroxyl groups is 1. The molecule has 1 aromatic carbocycles. The fourth-order valence-corrected chi connectivity index (χ4v) is 2.98.